The normalized spacial score (nSPS) is 16.0. The van der Waals surface area contributed by atoms with E-state index in [1.54, 1.807) is 17.0 Å². The summed E-state index contributed by atoms with van der Waals surface area (Å²) in [5.74, 6) is 0.731. The summed E-state index contributed by atoms with van der Waals surface area (Å²) in [6.45, 7) is 9.22. The number of benzene rings is 2. The third kappa shape index (κ3) is 5.01. The smallest absolute Gasteiger partial charge is 0.283 e. The predicted molar refractivity (Wildman–Crippen MR) is 130 cm³/mol. The minimum atomic E-state index is -0.407. The number of nitrogens with one attached hydrogen (secondary N) is 1. The summed E-state index contributed by atoms with van der Waals surface area (Å²) in [5, 5.41) is 25.9. The number of carbonyl (C=O) groups excluding carboxylic acids is 1. The van der Waals surface area contributed by atoms with Gasteiger partial charge in [-0.1, -0.05) is 56.5 Å². The average Bonchev–Trinajstić information content (AvgIpc) is 3.39. The third-order valence-electron chi connectivity index (χ3n) is 5.98. The van der Waals surface area contributed by atoms with Gasteiger partial charge in [0.15, 0.2) is 5.82 Å². The lowest BCUT2D eigenvalue weighted by molar-refractivity contribution is -0.387. The highest BCUT2D eigenvalue weighted by Crippen LogP contribution is 2.39. The van der Waals surface area contributed by atoms with Crippen LogP contribution in [0.5, 0.6) is 0 Å². The summed E-state index contributed by atoms with van der Waals surface area (Å²) in [4.78, 5) is 27.9. The van der Waals surface area contributed by atoms with Crippen LogP contribution < -0.4 is 0 Å². The van der Waals surface area contributed by atoms with Crippen LogP contribution in [0.25, 0.3) is 5.57 Å². The van der Waals surface area contributed by atoms with Crippen molar-refractivity contribution < 1.29 is 9.72 Å². The van der Waals surface area contributed by atoms with Gasteiger partial charge in [-0.2, -0.15) is 0 Å². The lowest BCUT2D eigenvalue weighted by atomic mass is 9.96. The number of aromatic amines is 1. The van der Waals surface area contributed by atoms with Crippen LogP contribution >= 0.6 is 11.8 Å². The lowest BCUT2D eigenvalue weighted by Gasteiger charge is -2.32. The largest absolute Gasteiger partial charge is 0.338 e. The molecule has 1 atom stereocenters. The van der Waals surface area contributed by atoms with Crippen molar-refractivity contribution in [3.05, 3.63) is 76.1 Å². The summed E-state index contributed by atoms with van der Waals surface area (Å²) in [5.41, 5.74) is 1.77. The van der Waals surface area contributed by atoms with E-state index in [-0.39, 0.29) is 23.1 Å². The minimum Gasteiger partial charge on any atom is -0.338 e. The fourth-order valence-corrected chi connectivity index (χ4v) is 5.32. The predicted octanol–water partition coefficient (Wildman–Crippen LogP) is 4.80. The first-order valence-corrected chi connectivity index (χ1v) is 11.9. The molecule has 1 aromatic heterocycles. The molecule has 1 aliphatic heterocycles. The maximum Gasteiger partial charge on any atom is 0.283 e. The Morgan fingerprint density at radius 2 is 2.06 bits per heavy atom. The van der Waals surface area contributed by atoms with Crippen molar-refractivity contribution in [1.29, 1.82) is 0 Å². The number of nitrogens with zero attached hydrogens (tertiary/aromatic N) is 5. The Balaban J connectivity index is 1.55. The van der Waals surface area contributed by atoms with Gasteiger partial charge in [0.05, 0.1) is 9.82 Å². The number of hydrogen-bond acceptors (Lipinski definition) is 7. The number of likely N-dealkylation sites (tertiary alicyclic amines) is 1. The second-order valence-electron chi connectivity index (χ2n) is 8.59. The maximum absolute atomic E-state index is 13.2. The van der Waals surface area contributed by atoms with E-state index >= 15 is 0 Å². The molecule has 1 aliphatic rings. The zero-order chi connectivity index (χ0) is 24.2. The Morgan fingerprint density at radius 3 is 2.76 bits per heavy atom. The van der Waals surface area contributed by atoms with Crippen molar-refractivity contribution >= 4 is 28.9 Å². The minimum absolute atomic E-state index is 0.0228. The van der Waals surface area contributed by atoms with Gasteiger partial charge in [0.25, 0.3) is 11.6 Å². The van der Waals surface area contributed by atoms with E-state index in [2.05, 4.69) is 41.1 Å². The molecule has 34 heavy (non-hydrogen) atoms. The molecule has 1 saturated heterocycles. The van der Waals surface area contributed by atoms with E-state index < -0.39 is 4.92 Å². The number of amides is 1. The van der Waals surface area contributed by atoms with Gasteiger partial charge in [-0.25, -0.2) is 5.10 Å². The van der Waals surface area contributed by atoms with E-state index in [1.165, 1.54) is 17.8 Å². The van der Waals surface area contributed by atoms with Crippen molar-refractivity contribution in [3.8, 4) is 0 Å². The van der Waals surface area contributed by atoms with Crippen molar-refractivity contribution in [2.75, 3.05) is 13.1 Å². The molecule has 1 N–H and O–H groups in total. The van der Waals surface area contributed by atoms with Crippen LogP contribution in [0.1, 0.15) is 55.5 Å². The molecule has 1 amide bonds. The van der Waals surface area contributed by atoms with Crippen molar-refractivity contribution in [2.45, 2.75) is 48.3 Å². The molecule has 0 radical (unpaired) electrons. The van der Waals surface area contributed by atoms with Gasteiger partial charge in [0, 0.05) is 35.5 Å². The Morgan fingerprint density at radius 1 is 1.26 bits per heavy atom. The zero-order valence-electron chi connectivity index (χ0n) is 19.1. The molecule has 2 aromatic carbocycles. The number of nitro benzene ring substituents is 1. The third-order valence-corrected chi connectivity index (χ3v) is 7.14. The quantitative estimate of drug-likeness (QED) is 0.294. The summed E-state index contributed by atoms with van der Waals surface area (Å²) in [6, 6.07) is 12.8. The maximum atomic E-state index is 13.2. The van der Waals surface area contributed by atoms with Gasteiger partial charge >= 0.3 is 0 Å². The molecule has 10 heteroatoms. The molecule has 1 fully saturated rings. The topological polar surface area (TPSA) is 118 Å². The van der Waals surface area contributed by atoms with Crippen LogP contribution in [0.3, 0.4) is 0 Å². The molecule has 3 aromatic rings. The summed E-state index contributed by atoms with van der Waals surface area (Å²) in [6.07, 6.45) is 1.69. The van der Waals surface area contributed by atoms with Gasteiger partial charge in [-0.3, -0.25) is 14.9 Å². The molecule has 9 nitrogen and oxygen atoms in total. The van der Waals surface area contributed by atoms with E-state index in [0.29, 0.717) is 35.3 Å². The van der Waals surface area contributed by atoms with E-state index in [0.717, 1.165) is 23.3 Å². The molecule has 0 bridgehead atoms. The molecule has 0 saturated carbocycles. The monoisotopic (exact) mass is 478 g/mol. The second-order valence-corrected chi connectivity index (χ2v) is 9.67. The highest BCUT2D eigenvalue weighted by atomic mass is 32.2. The number of H-pyrrole nitrogens is 1. The van der Waals surface area contributed by atoms with Gasteiger partial charge in [0.2, 0.25) is 0 Å². The number of hydrogen-bond donors (Lipinski definition) is 1. The Bertz CT molecular complexity index is 1210. The van der Waals surface area contributed by atoms with Crippen LogP contribution in [-0.4, -0.2) is 49.4 Å². The van der Waals surface area contributed by atoms with E-state index in [4.69, 9.17) is 0 Å². The Labute approximate surface area is 201 Å². The second kappa shape index (κ2) is 10.2. The Hall–Kier alpha value is -3.53. The molecule has 176 valence electrons. The van der Waals surface area contributed by atoms with Crippen LogP contribution in [0.15, 0.2) is 58.8 Å². The summed E-state index contributed by atoms with van der Waals surface area (Å²) >= 11 is 1.36. The van der Waals surface area contributed by atoms with Crippen LogP contribution in [0, 0.1) is 10.1 Å². The zero-order valence-corrected chi connectivity index (χ0v) is 19.9. The first kappa shape index (κ1) is 23.6. The molecule has 0 aliphatic carbocycles. The number of nitro groups is 1. The Kier molecular flexibility index (Phi) is 7.06. The van der Waals surface area contributed by atoms with E-state index in [9.17, 15) is 14.9 Å². The molecular formula is C24H26N6O3S. The number of piperidine rings is 1. The van der Waals surface area contributed by atoms with Crippen LogP contribution in [0.4, 0.5) is 5.69 Å². The standard InChI is InChI=1S/C24H26N6O3S/c1-15(2)19-8-4-5-9-21(19)34-22-11-10-17(13-20(22)30(32)33)16(3)24(31)29-12-6-7-18(14-29)23-25-27-28-26-23/h4-5,8-11,13,15,18H,3,6-7,12,14H2,1-2H3,(H,25,26,27,28). The van der Waals surface area contributed by atoms with Gasteiger partial charge < -0.3 is 4.90 Å². The van der Waals surface area contributed by atoms with Gasteiger partial charge in [-0.05, 0) is 52.4 Å². The highest BCUT2D eigenvalue weighted by Gasteiger charge is 2.29. The van der Waals surface area contributed by atoms with Gasteiger partial charge in [0.1, 0.15) is 0 Å². The molecular weight excluding hydrogens is 452 g/mol. The number of tetrazole rings is 1. The van der Waals surface area contributed by atoms with E-state index in [1.807, 2.05) is 24.3 Å². The van der Waals surface area contributed by atoms with Crippen molar-refractivity contribution in [1.82, 2.24) is 25.5 Å². The molecule has 2 heterocycles. The summed E-state index contributed by atoms with van der Waals surface area (Å²) in [7, 11) is 0. The van der Waals surface area contributed by atoms with Crippen LogP contribution in [0.2, 0.25) is 0 Å². The van der Waals surface area contributed by atoms with Crippen LogP contribution in [-0.2, 0) is 4.79 Å². The lowest BCUT2D eigenvalue weighted by Crippen LogP contribution is -2.39. The molecule has 0 spiro atoms. The average molecular weight is 479 g/mol. The number of rotatable bonds is 7. The first-order chi connectivity index (χ1) is 16.3. The number of aromatic nitrogens is 4. The highest BCUT2D eigenvalue weighted by molar-refractivity contribution is 7.99. The van der Waals surface area contributed by atoms with Crippen molar-refractivity contribution in [2.24, 2.45) is 0 Å². The first-order valence-electron chi connectivity index (χ1n) is 11.1. The molecule has 4 rings (SSSR count). The SMILES string of the molecule is C=C(C(=O)N1CCCC(c2nnn[nH]2)C1)c1ccc(Sc2ccccc2C(C)C)c([N+](=O)[O-])c1. The fourth-order valence-electron chi connectivity index (χ4n) is 4.14. The molecule has 1 unspecified atom stereocenters. The fraction of sp³-hybridized carbons (Fsp3) is 0.333. The van der Waals surface area contributed by atoms with Crippen molar-refractivity contribution in [3.63, 3.8) is 0 Å². The summed E-state index contributed by atoms with van der Waals surface area (Å²) < 4.78 is 0. The number of carbonyl (C=O) groups is 1. The van der Waals surface area contributed by atoms with Gasteiger partial charge in [-0.15, -0.1) is 5.10 Å².